The topological polar surface area (TPSA) is 56.1 Å². The van der Waals surface area contributed by atoms with Gasteiger partial charge >= 0.3 is 0 Å². The fourth-order valence-electron chi connectivity index (χ4n) is 1.71. The minimum Gasteiger partial charge on any atom is -0.341 e. The standard InChI is InChI=1S/C15H21N3O/c1-12(2)17-9-8-15(19)18(3)11-14-6-4-13(10-16)5-7-14/h4-7,12,17H,8-9,11H2,1-3H3. The highest BCUT2D eigenvalue weighted by Gasteiger charge is 2.09. The molecule has 1 aromatic rings. The van der Waals surface area contributed by atoms with Gasteiger partial charge in [0.2, 0.25) is 5.91 Å². The summed E-state index contributed by atoms with van der Waals surface area (Å²) in [4.78, 5) is 13.6. The van der Waals surface area contributed by atoms with Crippen LogP contribution in [-0.4, -0.2) is 30.4 Å². The number of carbonyl (C=O) groups excluding carboxylic acids is 1. The summed E-state index contributed by atoms with van der Waals surface area (Å²) in [7, 11) is 1.80. The maximum atomic E-state index is 11.9. The van der Waals surface area contributed by atoms with Crippen molar-refractivity contribution in [1.82, 2.24) is 10.2 Å². The fraction of sp³-hybridized carbons (Fsp3) is 0.467. The van der Waals surface area contributed by atoms with Gasteiger partial charge in [-0.15, -0.1) is 0 Å². The van der Waals surface area contributed by atoms with E-state index in [2.05, 4.69) is 25.2 Å². The first kappa shape index (κ1) is 15.2. The van der Waals surface area contributed by atoms with E-state index in [4.69, 9.17) is 5.26 Å². The van der Waals surface area contributed by atoms with Crippen LogP contribution >= 0.6 is 0 Å². The van der Waals surface area contributed by atoms with E-state index in [0.717, 1.165) is 5.56 Å². The van der Waals surface area contributed by atoms with Gasteiger partial charge in [-0.25, -0.2) is 0 Å². The Morgan fingerprint density at radius 3 is 2.53 bits per heavy atom. The SMILES string of the molecule is CC(C)NCCC(=O)N(C)Cc1ccc(C#N)cc1. The van der Waals surface area contributed by atoms with Gasteiger partial charge in [-0.2, -0.15) is 5.26 Å². The quantitative estimate of drug-likeness (QED) is 0.849. The zero-order chi connectivity index (χ0) is 14.3. The molecule has 0 saturated carbocycles. The van der Waals surface area contributed by atoms with Crippen LogP contribution in [0, 0.1) is 11.3 Å². The molecule has 1 N–H and O–H groups in total. The third kappa shape index (κ3) is 5.54. The van der Waals surface area contributed by atoms with Gasteiger partial charge in [0.25, 0.3) is 0 Å². The van der Waals surface area contributed by atoms with Crippen LogP contribution in [0.15, 0.2) is 24.3 Å². The molecule has 102 valence electrons. The van der Waals surface area contributed by atoms with Crippen molar-refractivity contribution < 1.29 is 4.79 Å². The van der Waals surface area contributed by atoms with Gasteiger partial charge < -0.3 is 10.2 Å². The van der Waals surface area contributed by atoms with Crippen molar-refractivity contribution in [2.24, 2.45) is 0 Å². The van der Waals surface area contributed by atoms with Crippen molar-refractivity contribution in [3.8, 4) is 6.07 Å². The van der Waals surface area contributed by atoms with E-state index in [-0.39, 0.29) is 5.91 Å². The Bertz CT molecular complexity index is 445. The van der Waals surface area contributed by atoms with Crippen molar-refractivity contribution in [3.63, 3.8) is 0 Å². The summed E-state index contributed by atoms with van der Waals surface area (Å²) in [6, 6.07) is 9.79. The fourth-order valence-corrected chi connectivity index (χ4v) is 1.71. The molecule has 4 nitrogen and oxygen atoms in total. The monoisotopic (exact) mass is 259 g/mol. The van der Waals surface area contributed by atoms with Gasteiger partial charge in [-0.3, -0.25) is 4.79 Å². The molecule has 0 bridgehead atoms. The molecule has 0 aliphatic carbocycles. The maximum absolute atomic E-state index is 11.9. The highest BCUT2D eigenvalue weighted by molar-refractivity contribution is 5.76. The number of hydrogen-bond donors (Lipinski definition) is 1. The lowest BCUT2D eigenvalue weighted by molar-refractivity contribution is -0.130. The molecule has 1 rings (SSSR count). The normalized spacial score (nSPS) is 10.3. The molecule has 19 heavy (non-hydrogen) atoms. The Balaban J connectivity index is 2.42. The van der Waals surface area contributed by atoms with Crippen LogP contribution in [0.4, 0.5) is 0 Å². The lowest BCUT2D eigenvalue weighted by Gasteiger charge is -2.18. The maximum Gasteiger partial charge on any atom is 0.223 e. The minimum atomic E-state index is 0.123. The molecule has 0 heterocycles. The third-order valence-corrected chi connectivity index (χ3v) is 2.82. The number of hydrogen-bond acceptors (Lipinski definition) is 3. The Kier molecular flexibility index (Phi) is 6.04. The summed E-state index contributed by atoms with van der Waals surface area (Å²) in [6.07, 6.45) is 0.505. The molecule has 0 aliphatic rings. The highest BCUT2D eigenvalue weighted by atomic mass is 16.2. The average molecular weight is 259 g/mol. The smallest absolute Gasteiger partial charge is 0.223 e. The van der Waals surface area contributed by atoms with Crippen LogP contribution in [0.25, 0.3) is 0 Å². The molecule has 0 aromatic heterocycles. The number of carbonyl (C=O) groups is 1. The van der Waals surface area contributed by atoms with Crippen molar-refractivity contribution in [3.05, 3.63) is 35.4 Å². The summed E-state index contributed by atoms with van der Waals surface area (Å²) in [6.45, 7) is 5.40. The van der Waals surface area contributed by atoms with Crippen LogP contribution in [0.5, 0.6) is 0 Å². The van der Waals surface area contributed by atoms with E-state index in [1.807, 2.05) is 12.1 Å². The first-order valence-corrected chi connectivity index (χ1v) is 6.49. The van der Waals surface area contributed by atoms with Gasteiger partial charge in [0.1, 0.15) is 0 Å². The number of benzene rings is 1. The largest absolute Gasteiger partial charge is 0.341 e. The number of rotatable bonds is 6. The Morgan fingerprint density at radius 2 is 2.00 bits per heavy atom. The molecule has 0 unspecified atom stereocenters. The van der Waals surface area contributed by atoms with E-state index in [9.17, 15) is 4.79 Å². The summed E-state index contributed by atoms with van der Waals surface area (Å²) in [5.74, 6) is 0.123. The zero-order valence-electron chi connectivity index (χ0n) is 11.8. The molecule has 1 aromatic carbocycles. The molecule has 4 heteroatoms. The van der Waals surface area contributed by atoms with Crippen LogP contribution < -0.4 is 5.32 Å². The predicted molar refractivity (Wildman–Crippen MR) is 75.4 cm³/mol. The average Bonchev–Trinajstić information content (AvgIpc) is 2.39. The van der Waals surface area contributed by atoms with Gasteiger partial charge in [0.15, 0.2) is 0 Å². The van der Waals surface area contributed by atoms with Crippen molar-refractivity contribution in [2.45, 2.75) is 32.9 Å². The first-order chi connectivity index (χ1) is 9.02. The molecule has 0 spiro atoms. The third-order valence-electron chi connectivity index (χ3n) is 2.82. The minimum absolute atomic E-state index is 0.123. The number of nitriles is 1. The first-order valence-electron chi connectivity index (χ1n) is 6.49. The van der Waals surface area contributed by atoms with Gasteiger partial charge in [0.05, 0.1) is 11.6 Å². The van der Waals surface area contributed by atoms with Gasteiger partial charge in [-0.1, -0.05) is 26.0 Å². The molecule has 0 fully saturated rings. The second-order valence-electron chi connectivity index (χ2n) is 4.92. The van der Waals surface area contributed by atoms with Crippen molar-refractivity contribution >= 4 is 5.91 Å². The van der Waals surface area contributed by atoms with E-state index >= 15 is 0 Å². The molecule has 0 radical (unpaired) electrons. The Hall–Kier alpha value is -1.86. The van der Waals surface area contributed by atoms with Crippen molar-refractivity contribution in [1.29, 1.82) is 5.26 Å². The number of nitrogens with zero attached hydrogens (tertiary/aromatic N) is 2. The van der Waals surface area contributed by atoms with E-state index < -0.39 is 0 Å². The zero-order valence-corrected chi connectivity index (χ0v) is 11.8. The highest BCUT2D eigenvalue weighted by Crippen LogP contribution is 2.06. The summed E-state index contributed by atoms with van der Waals surface area (Å²) in [5, 5.41) is 11.9. The molecule has 0 atom stereocenters. The van der Waals surface area contributed by atoms with Crippen LogP contribution in [0.2, 0.25) is 0 Å². The lowest BCUT2D eigenvalue weighted by Crippen LogP contribution is -2.31. The van der Waals surface area contributed by atoms with Crippen LogP contribution in [-0.2, 0) is 11.3 Å². The second-order valence-corrected chi connectivity index (χ2v) is 4.92. The molecule has 1 amide bonds. The van der Waals surface area contributed by atoms with Crippen molar-refractivity contribution in [2.75, 3.05) is 13.6 Å². The van der Waals surface area contributed by atoms with E-state index in [0.29, 0.717) is 31.1 Å². The predicted octanol–water partition coefficient (Wildman–Crippen LogP) is 1.90. The van der Waals surface area contributed by atoms with Crippen LogP contribution in [0.1, 0.15) is 31.4 Å². The van der Waals surface area contributed by atoms with Gasteiger partial charge in [0, 0.05) is 32.6 Å². The van der Waals surface area contributed by atoms with E-state index in [1.165, 1.54) is 0 Å². The molecular formula is C15H21N3O. The number of nitrogens with one attached hydrogen (secondary N) is 1. The van der Waals surface area contributed by atoms with Gasteiger partial charge in [-0.05, 0) is 17.7 Å². The second kappa shape index (κ2) is 7.55. The Morgan fingerprint density at radius 1 is 1.37 bits per heavy atom. The summed E-state index contributed by atoms with van der Waals surface area (Å²) < 4.78 is 0. The number of amides is 1. The molecule has 0 aliphatic heterocycles. The van der Waals surface area contributed by atoms with E-state index in [1.54, 1.807) is 24.1 Å². The Labute approximate surface area is 115 Å². The summed E-state index contributed by atoms with van der Waals surface area (Å²) in [5.41, 5.74) is 1.67. The lowest BCUT2D eigenvalue weighted by atomic mass is 10.1. The van der Waals surface area contributed by atoms with Crippen LogP contribution in [0.3, 0.4) is 0 Å². The molecule has 0 saturated heterocycles. The summed E-state index contributed by atoms with van der Waals surface area (Å²) >= 11 is 0. The molecular weight excluding hydrogens is 238 g/mol.